The Morgan fingerprint density at radius 1 is 1.07 bits per heavy atom. The summed E-state index contributed by atoms with van der Waals surface area (Å²) < 4.78 is 16.1. The standard InChI is InChI=1S/C21H16N2O4S/c1-25-17-8-4-15(5-9-17)20-23-19(21(24)27-20)10-14-2-6-18(7-3-14)26-11-16-12-28-13-22-16/h2-10,12-13H,11H2,1H3/b19-10+. The zero-order chi connectivity index (χ0) is 19.3. The van der Waals surface area contributed by atoms with E-state index in [1.54, 1.807) is 43.0 Å². The Morgan fingerprint density at radius 3 is 2.50 bits per heavy atom. The maximum atomic E-state index is 12.1. The molecule has 6 nitrogen and oxygen atoms in total. The van der Waals surface area contributed by atoms with E-state index in [1.165, 1.54) is 11.3 Å². The minimum Gasteiger partial charge on any atom is -0.497 e. The Morgan fingerprint density at radius 2 is 1.82 bits per heavy atom. The molecule has 2 heterocycles. The van der Waals surface area contributed by atoms with Gasteiger partial charge in [-0.2, -0.15) is 0 Å². The fourth-order valence-corrected chi connectivity index (χ4v) is 3.09. The van der Waals surface area contributed by atoms with Crippen LogP contribution >= 0.6 is 11.3 Å². The maximum Gasteiger partial charge on any atom is 0.363 e. The maximum absolute atomic E-state index is 12.1. The highest BCUT2D eigenvalue weighted by molar-refractivity contribution is 7.07. The molecule has 0 bridgehead atoms. The normalized spacial score (nSPS) is 14.7. The second-order valence-corrected chi connectivity index (χ2v) is 6.62. The van der Waals surface area contributed by atoms with E-state index in [9.17, 15) is 4.79 Å². The fraction of sp³-hybridized carbons (Fsp3) is 0.0952. The molecule has 0 N–H and O–H groups in total. The largest absolute Gasteiger partial charge is 0.497 e. The summed E-state index contributed by atoms with van der Waals surface area (Å²) in [6, 6.07) is 14.6. The molecule has 0 saturated heterocycles. The van der Waals surface area contributed by atoms with Gasteiger partial charge in [0.15, 0.2) is 5.70 Å². The van der Waals surface area contributed by atoms with E-state index in [-0.39, 0.29) is 11.6 Å². The lowest BCUT2D eigenvalue weighted by Crippen LogP contribution is -2.05. The van der Waals surface area contributed by atoms with Gasteiger partial charge in [-0.15, -0.1) is 11.3 Å². The van der Waals surface area contributed by atoms with Gasteiger partial charge in [-0.05, 0) is 48.0 Å². The summed E-state index contributed by atoms with van der Waals surface area (Å²) in [4.78, 5) is 20.6. The van der Waals surface area contributed by atoms with E-state index in [4.69, 9.17) is 14.2 Å². The van der Waals surface area contributed by atoms with Gasteiger partial charge in [0.1, 0.15) is 18.1 Å². The first-order valence-corrected chi connectivity index (χ1v) is 9.42. The molecule has 140 valence electrons. The zero-order valence-corrected chi connectivity index (χ0v) is 15.8. The molecule has 2 aromatic carbocycles. The number of rotatable bonds is 6. The second kappa shape index (κ2) is 8.06. The van der Waals surface area contributed by atoms with Crippen LogP contribution < -0.4 is 9.47 Å². The van der Waals surface area contributed by atoms with Gasteiger partial charge in [0.05, 0.1) is 18.3 Å². The molecule has 1 aliphatic heterocycles. The van der Waals surface area contributed by atoms with Gasteiger partial charge in [0, 0.05) is 10.9 Å². The number of aliphatic imine (C=N–C) groups is 1. The van der Waals surface area contributed by atoms with Crippen molar-refractivity contribution in [3.8, 4) is 11.5 Å². The topological polar surface area (TPSA) is 70.0 Å². The number of benzene rings is 2. The number of cyclic esters (lactones) is 1. The van der Waals surface area contributed by atoms with Crippen molar-refractivity contribution in [2.24, 2.45) is 4.99 Å². The number of carbonyl (C=O) groups is 1. The Bertz CT molecular complexity index is 1020. The third-order valence-corrected chi connectivity index (χ3v) is 4.65. The molecule has 3 aromatic rings. The number of ether oxygens (including phenoxy) is 3. The molecule has 0 unspecified atom stereocenters. The lowest BCUT2D eigenvalue weighted by Gasteiger charge is -2.04. The van der Waals surface area contributed by atoms with E-state index in [2.05, 4.69) is 9.98 Å². The van der Waals surface area contributed by atoms with Crippen LogP contribution in [-0.2, 0) is 16.1 Å². The molecule has 0 saturated carbocycles. The van der Waals surface area contributed by atoms with Crippen molar-refractivity contribution in [2.45, 2.75) is 6.61 Å². The van der Waals surface area contributed by atoms with Gasteiger partial charge in [0.2, 0.25) is 5.90 Å². The van der Waals surface area contributed by atoms with Gasteiger partial charge < -0.3 is 14.2 Å². The quantitative estimate of drug-likeness (QED) is 0.467. The number of nitrogens with zero attached hydrogens (tertiary/aromatic N) is 2. The molecule has 4 rings (SSSR count). The van der Waals surface area contributed by atoms with Gasteiger partial charge in [-0.3, -0.25) is 0 Å². The summed E-state index contributed by atoms with van der Waals surface area (Å²) in [7, 11) is 1.60. The van der Waals surface area contributed by atoms with Crippen LogP contribution in [0.5, 0.6) is 11.5 Å². The van der Waals surface area contributed by atoms with Crippen molar-refractivity contribution in [1.82, 2.24) is 4.98 Å². The summed E-state index contributed by atoms with van der Waals surface area (Å²) in [5.41, 5.74) is 4.46. The van der Waals surface area contributed by atoms with Crippen LogP contribution in [0.1, 0.15) is 16.8 Å². The van der Waals surface area contributed by atoms with Gasteiger partial charge in [-0.25, -0.2) is 14.8 Å². The number of hydrogen-bond donors (Lipinski definition) is 0. The van der Waals surface area contributed by atoms with Crippen LogP contribution in [0.3, 0.4) is 0 Å². The molecule has 0 amide bonds. The number of carbonyl (C=O) groups excluding carboxylic acids is 1. The molecule has 0 atom stereocenters. The lowest BCUT2D eigenvalue weighted by atomic mass is 10.2. The minimum atomic E-state index is -0.477. The summed E-state index contributed by atoms with van der Waals surface area (Å²) in [5.74, 6) is 1.25. The summed E-state index contributed by atoms with van der Waals surface area (Å²) in [6.45, 7) is 0.422. The first kappa shape index (κ1) is 17.9. The molecule has 1 aliphatic rings. The number of hydrogen-bond acceptors (Lipinski definition) is 7. The van der Waals surface area contributed by atoms with Crippen LogP contribution in [0.25, 0.3) is 6.08 Å². The fourth-order valence-electron chi connectivity index (χ4n) is 2.55. The second-order valence-electron chi connectivity index (χ2n) is 5.90. The van der Waals surface area contributed by atoms with Crippen LogP contribution in [0.2, 0.25) is 0 Å². The van der Waals surface area contributed by atoms with E-state index in [0.717, 1.165) is 22.8 Å². The molecule has 0 radical (unpaired) electrons. The Hall–Kier alpha value is -3.45. The molecule has 7 heteroatoms. The Balaban J connectivity index is 1.46. The predicted molar refractivity (Wildman–Crippen MR) is 106 cm³/mol. The third kappa shape index (κ3) is 4.10. The highest BCUT2D eigenvalue weighted by Crippen LogP contribution is 2.22. The van der Waals surface area contributed by atoms with E-state index >= 15 is 0 Å². The van der Waals surface area contributed by atoms with Crippen LogP contribution in [-0.4, -0.2) is 24.0 Å². The van der Waals surface area contributed by atoms with Gasteiger partial charge in [-0.1, -0.05) is 12.1 Å². The molecular formula is C21H16N2O4S. The zero-order valence-electron chi connectivity index (χ0n) is 15.0. The van der Waals surface area contributed by atoms with Crippen LogP contribution in [0.15, 0.2) is 70.1 Å². The highest BCUT2D eigenvalue weighted by Gasteiger charge is 2.24. The Kier molecular flexibility index (Phi) is 5.16. The monoisotopic (exact) mass is 392 g/mol. The van der Waals surface area contributed by atoms with Gasteiger partial charge in [0.25, 0.3) is 0 Å². The van der Waals surface area contributed by atoms with Crippen LogP contribution in [0, 0.1) is 0 Å². The minimum absolute atomic E-state index is 0.252. The highest BCUT2D eigenvalue weighted by atomic mass is 32.1. The smallest absolute Gasteiger partial charge is 0.363 e. The number of methoxy groups -OCH3 is 1. The van der Waals surface area contributed by atoms with E-state index in [1.807, 2.05) is 29.6 Å². The molecule has 0 fully saturated rings. The van der Waals surface area contributed by atoms with Crippen molar-refractivity contribution in [3.63, 3.8) is 0 Å². The molecular weight excluding hydrogens is 376 g/mol. The first-order chi connectivity index (χ1) is 13.7. The van der Waals surface area contributed by atoms with E-state index in [0.29, 0.717) is 12.2 Å². The van der Waals surface area contributed by atoms with Crippen molar-refractivity contribution >= 4 is 29.3 Å². The SMILES string of the molecule is COc1ccc(C2=N/C(=C/c3ccc(OCc4cscn4)cc3)C(=O)O2)cc1. The Labute approximate surface area is 165 Å². The average molecular weight is 392 g/mol. The molecule has 1 aromatic heterocycles. The van der Waals surface area contributed by atoms with Crippen molar-refractivity contribution in [3.05, 3.63) is 81.9 Å². The lowest BCUT2D eigenvalue weighted by molar-refractivity contribution is -0.129. The summed E-state index contributed by atoms with van der Waals surface area (Å²) >= 11 is 1.53. The van der Waals surface area contributed by atoms with Crippen molar-refractivity contribution in [1.29, 1.82) is 0 Å². The number of aromatic nitrogens is 1. The summed E-state index contributed by atoms with van der Waals surface area (Å²) in [5, 5.41) is 1.95. The van der Waals surface area contributed by atoms with Crippen LogP contribution in [0.4, 0.5) is 0 Å². The third-order valence-electron chi connectivity index (χ3n) is 4.01. The molecule has 0 aliphatic carbocycles. The summed E-state index contributed by atoms with van der Waals surface area (Å²) in [6.07, 6.45) is 1.68. The number of thiazole rings is 1. The number of esters is 1. The van der Waals surface area contributed by atoms with Gasteiger partial charge >= 0.3 is 5.97 Å². The first-order valence-electron chi connectivity index (χ1n) is 8.48. The van der Waals surface area contributed by atoms with Crippen molar-refractivity contribution < 1.29 is 19.0 Å². The van der Waals surface area contributed by atoms with E-state index < -0.39 is 5.97 Å². The molecule has 0 spiro atoms. The van der Waals surface area contributed by atoms with Crippen molar-refractivity contribution in [2.75, 3.05) is 7.11 Å². The average Bonchev–Trinajstić information content (AvgIpc) is 3.38. The predicted octanol–water partition coefficient (Wildman–Crippen LogP) is 4.08. The molecule has 28 heavy (non-hydrogen) atoms.